The summed E-state index contributed by atoms with van der Waals surface area (Å²) in [5, 5.41) is 0. The van der Waals surface area contributed by atoms with E-state index in [2.05, 4.69) is 16.8 Å². The number of rotatable bonds is 1. The summed E-state index contributed by atoms with van der Waals surface area (Å²) in [5.74, 6) is 7.26. The van der Waals surface area contributed by atoms with Crippen molar-refractivity contribution in [3.63, 3.8) is 0 Å². The van der Waals surface area contributed by atoms with Gasteiger partial charge in [-0.05, 0) is 43.5 Å². The first-order valence-electron chi connectivity index (χ1n) is 8.31. The summed E-state index contributed by atoms with van der Waals surface area (Å²) in [5.41, 5.74) is 1.79. The molecule has 0 bridgehead atoms. The van der Waals surface area contributed by atoms with E-state index in [1.54, 1.807) is 11.1 Å². The Morgan fingerprint density at radius 2 is 1.88 bits per heavy atom. The lowest BCUT2D eigenvalue weighted by Crippen LogP contribution is -2.46. The predicted molar refractivity (Wildman–Crippen MR) is 91.6 cm³/mol. The summed E-state index contributed by atoms with van der Waals surface area (Å²) in [4.78, 5) is 18.2. The lowest BCUT2D eigenvalue weighted by Gasteiger charge is -2.33. The average Bonchev–Trinajstić information content (AvgIpc) is 3.08. The average molecular weight is 318 g/mol. The second-order valence-corrected chi connectivity index (χ2v) is 6.24. The van der Waals surface area contributed by atoms with Crippen molar-refractivity contribution in [2.24, 2.45) is 5.92 Å². The SMILES string of the molecule is O=C1OC2CCCC2CN1c1ccc(C#Cc2ccccc2)cn1. The van der Waals surface area contributed by atoms with Crippen molar-refractivity contribution in [1.29, 1.82) is 0 Å². The Bertz CT molecular complexity index is 790. The van der Waals surface area contributed by atoms with E-state index in [-0.39, 0.29) is 12.2 Å². The molecule has 4 nitrogen and oxygen atoms in total. The zero-order valence-corrected chi connectivity index (χ0v) is 13.3. The van der Waals surface area contributed by atoms with Crippen LogP contribution in [0.25, 0.3) is 0 Å². The van der Waals surface area contributed by atoms with Gasteiger partial charge in [-0.2, -0.15) is 0 Å². The van der Waals surface area contributed by atoms with Crippen molar-refractivity contribution >= 4 is 11.9 Å². The van der Waals surface area contributed by atoms with Gasteiger partial charge in [-0.15, -0.1) is 0 Å². The standard InChI is InChI=1S/C20H18N2O2/c23-20-22(14-17-7-4-8-18(17)24-20)19-12-11-16(13-21-19)10-9-15-5-2-1-3-6-15/h1-3,5-6,11-13,17-18H,4,7-8,14H2. The molecule has 0 N–H and O–H groups in total. The summed E-state index contributed by atoms with van der Waals surface area (Å²) < 4.78 is 5.53. The van der Waals surface area contributed by atoms with Gasteiger partial charge in [0.1, 0.15) is 11.9 Å². The number of aromatic nitrogens is 1. The molecule has 24 heavy (non-hydrogen) atoms. The summed E-state index contributed by atoms with van der Waals surface area (Å²) in [6.45, 7) is 0.700. The first-order chi connectivity index (χ1) is 11.8. The highest BCUT2D eigenvalue weighted by atomic mass is 16.6. The van der Waals surface area contributed by atoms with Crippen molar-refractivity contribution in [3.8, 4) is 11.8 Å². The highest BCUT2D eigenvalue weighted by Gasteiger charge is 2.39. The Kier molecular flexibility index (Phi) is 3.92. The minimum Gasteiger partial charge on any atom is -0.445 e. The maximum atomic E-state index is 12.2. The minimum absolute atomic E-state index is 0.102. The molecule has 2 atom stereocenters. The molecule has 1 aliphatic carbocycles. The molecule has 4 rings (SSSR count). The highest BCUT2D eigenvalue weighted by molar-refractivity contribution is 5.87. The third-order valence-corrected chi connectivity index (χ3v) is 4.63. The first kappa shape index (κ1) is 14.8. The molecule has 1 aromatic heterocycles. The van der Waals surface area contributed by atoms with E-state index in [1.165, 1.54) is 0 Å². The van der Waals surface area contributed by atoms with Crippen LogP contribution in [0.4, 0.5) is 10.6 Å². The minimum atomic E-state index is -0.284. The Hall–Kier alpha value is -2.80. The molecule has 2 aromatic rings. The van der Waals surface area contributed by atoms with Gasteiger partial charge in [0.2, 0.25) is 0 Å². The number of benzene rings is 1. The monoisotopic (exact) mass is 318 g/mol. The fourth-order valence-electron chi connectivity index (χ4n) is 3.34. The molecule has 1 aromatic carbocycles. The third-order valence-electron chi connectivity index (χ3n) is 4.63. The van der Waals surface area contributed by atoms with E-state index in [4.69, 9.17) is 4.74 Å². The van der Waals surface area contributed by atoms with Crippen molar-refractivity contribution in [1.82, 2.24) is 4.98 Å². The molecule has 2 fully saturated rings. The van der Waals surface area contributed by atoms with E-state index < -0.39 is 0 Å². The van der Waals surface area contributed by atoms with E-state index in [0.29, 0.717) is 18.3 Å². The van der Waals surface area contributed by atoms with Crippen LogP contribution in [0.15, 0.2) is 48.7 Å². The smallest absolute Gasteiger partial charge is 0.415 e. The Morgan fingerprint density at radius 1 is 1.04 bits per heavy atom. The van der Waals surface area contributed by atoms with Crippen LogP contribution in [0.1, 0.15) is 30.4 Å². The van der Waals surface area contributed by atoms with Gasteiger partial charge in [0.25, 0.3) is 0 Å². The van der Waals surface area contributed by atoms with Crippen LogP contribution < -0.4 is 4.90 Å². The van der Waals surface area contributed by atoms with Gasteiger partial charge in [0.05, 0.1) is 0 Å². The van der Waals surface area contributed by atoms with Crippen LogP contribution in [-0.2, 0) is 4.74 Å². The first-order valence-corrected chi connectivity index (χ1v) is 8.31. The number of pyridine rings is 1. The van der Waals surface area contributed by atoms with Crippen molar-refractivity contribution < 1.29 is 9.53 Å². The van der Waals surface area contributed by atoms with Crippen molar-refractivity contribution in [2.45, 2.75) is 25.4 Å². The van der Waals surface area contributed by atoms with Crippen molar-refractivity contribution in [2.75, 3.05) is 11.4 Å². The summed E-state index contributed by atoms with van der Waals surface area (Å²) >= 11 is 0. The fraction of sp³-hybridized carbons (Fsp3) is 0.300. The van der Waals surface area contributed by atoms with E-state index >= 15 is 0 Å². The Morgan fingerprint density at radius 3 is 2.67 bits per heavy atom. The summed E-state index contributed by atoms with van der Waals surface area (Å²) in [7, 11) is 0. The molecule has 2 heterocycles. The highest BCUT2D eigenvalue weighted by Crippen LogP contribution is 2.34. The van der Waals surface area contributed by atoms with Gasteiger partial charge in [-0.3, -0.25) is 4.90 Å². The second kappa shape index (κ2) is 6.37. The molecule has 1 amide bonds. The van der Waals surface area contributed by atoms with Crippen molar-refractivity contribution in [3.05, 3.63) is 59.8 Å². The molecule has 1 saturated heterocycles. The molecule has 120 valence electrons. The Labute approximate surface area is 141 Å². The summed E-state index contributed by atoms with van der Waals surface area (Å²) in [6, 6.07) is 13.6. The van der Waals surface area contributed by atoms with Gasteiger partial charge < -0.3 is 4.74 Å². The van der Waals surface area contributed by atoms with Gasteiger partial charge in [-0.25, -0.2) is 9.78 Å². The molecule has 4 heteroatoms. The van der Waals surface area contributed by atoms with Gasteiger partial charge in [0, 0.05) is 29.8 Å². The number of carbonyl (C=O) groups is 1. The number of anilines is 1. The number of fused-ring (bicyclic) bond motifs is 1. The zero-order valence-electron chi connectivity index (χ0n) is 13.3. The van der Waals surface area contributed by atoms with Crippen LogP contribution in [0.5, 0.6) is 0 Å². The quantitative estimate of drug-likeness (QED) is 0.754. The van der Waals surface area contributed by atoms with Crippen LogP contribution in [-0.4, -0.2) is 23.7 Å². The number of nitrogens with zero attached hydrogens (tertiary/aromatic N) is 2. The van der Waals surface area contributed by atoms with Gasteiger partial charge in [0.15, 0.2) is 0 Å². The lowest BCUT2D eigenvalue weighted by atomic mass is 10.0. The van der Waals surface area contributed by atoms with Crippen LogP contribution in [0, 0.1) is 17.8 Å². The number of hydrogen-bond donors (Lipinski definition) is 0. The third kappa shape index (κ3) is 2.98. The predicted octanol–water partition coefficient (Wildman–Crippen LogP) is 3.61. The second-order valence-electron chi connectivity index (χ2n) is 6.24. The maximum absolute atomic E-state index is 12.2. The number of amides is 1. The van der Waals surface area contributed by atoms with Crippen LogP contribution in [0.2, 0.25) is 0 Å². The zero-order chi connectivity index (χ0) is 16.4. The number of carbonyl (C=O) groups excluding carboxylic acids is 1. The van der Waals surface area contributed by atoms with Gasteiger partial charge in [-0.1, -0.05) is 30.0 Å². The van der Waals surface area contributed by atoms with Crippen LogP contribution in [0.3, 0.4) is 0 Å². The number of hydrogen-bond acceptors (Lipinski definition) is 3. The van der Waals surface area contributed by atoms with Crippen LogP contribution >= 0.6 is 0 Å². The maximum Gasteiger partial charge on any atom is 0.415 e. The number of ether oxygens (including phenoxy) is 1. The Balaban J connectivity index is 1.50. The molecular formula is C20H18N2O2. The molecule has 1 saturated carbocycles. The molecule has 0 radical (unpaired) electrons. The molecule has 0 spiro atoms. The summed E-state index contributed by atoms with van der Waals surface area (Å²) in [6.07, 6.45) is 4.77. The van der Waals surface area contributed by atoms with E-state index in [0.717, 1.165) is 30.4 Å². The fourth-order valence-corrected chi connectivity index (χ4v) is 3.34. The largest absolute Gasteiger partial charge is 0.445 e. The molecule has 1 aliphatic heterocycles. The van der Waals surface area contributed by atoms with E-state index in [9.17, 15) is 4.79 Å². The molecule has 2 unspecified atom stereocenters. The van der Waals surface area contributed by atoms with E-state index in [1.807, 2.05) is 42.5 Å². The van der Waals surface area contributed by atoms with Gasteiger partial charge >= 0.3 is 6.09 Å². The molecular weight excluding hydrogens is 300 g/mol. The molecule has 2 aliphatic rings. The lowest BCUT2D eigenvalue weighted by molar-refractivity contribution is 0.0633. The topological polar surface area (TPSA) is 42.4 Å². The normalized spacial score (nSPS) is 22.3.